The zero-order chi connectivity index (χ0) is 19.0. The number of carbonyl (C=O) groups excluding carboxylic acids is 3. The number of amides is 2. The summed E-state index contributed by atoms with van der Waals surface area (Å²) >= 11 is 0. The number of nitrogens with zero attached hydrogens (tertiary/aromatic N) is 2. The third-order valence-corrected chi connectivity index (χ3v) is 5.55. The normalized spacial score (nSPS) is 24.6. The summed E-state index contributed by atoms with van der Waals surface area (Å²) in [6.45, 7) is 0.236. The lowest BCUT2D eigenvalue weighted by Gasteiger charge is -2.30. The van der Waals surface area contributed by atoms with Crippen molar-refractivity contribution in [2.24, 2.45) is 11.8 Å². The van der Waals surface area contributed by atoms with Crippen molar-refractivity contribution in [2.45, 2.75) is 25.3 Å². The van der Waals surface area contributed by atoms with Crippen molar-refractivity contribution in [3.05, 3.63) is 71.3 Å². The Morgan fingerprint density at radius 2 is 1.56 bits per heavy atom. The summed E-state index contributed by atoms with van der Waals surface area (Å²) in [5.41, 5.74) is 2.25. The van der Waals surface area contributed by atoms with E-state index in [1.54, 1.807) is 24.3 Å². The Kier molecular flexibility index (Phi) is 4.33. The van der Waals surface area contributed by atoms with Crippen LogP contribution in [0.1, 0.15) is 35.4 Å². The van der Waals surface area contributed by atoms with Crippen LogP contribution in [0.25, 0.3) is 0 Å². The van der Waals surface area contributed by atoms with Crippen LogP contribution in [0.2, 0.25) is 0 Å². The second-order valence-electron chi connectivity index (χ2n) is 7.17. The van der Waals surface area contributed by atoms with Gasteiger partial charge in [0.15, 0.2) is 0 Å². The van der Waals surface area contributed by atoms with Gasteiger partial charge in [0, 0.05) is 18.8 Å². The molecule has 27 heavy (non-hydrogen) atoms. The maximum Gasteiger partial charge on any atom is 0.234 e. The van der Waals surface area contributed by atoms with Gasteiger partial charge in [-0.25, -0.2) is 0 Å². The lowest BCUT2D eigenvalue weighted by atomic mass is 9.70. The average molecular weight is 358 g/mol. The van der Waals surface area contributed by atoms with E-state index >= 15 is 0 Å². The lowest BCUT2D eigenvalue weighted by Crippen LogP contribution is -2.33. The summed E-state index contributed by atoms with van der Waals surface area (Å²) in [6.07, 6.45) is 0.387. The second-order valence-corrected chi connectivity index (χ2v) is 7.17. The summed E-state index contributed by atoms with van der Waals surface area (Å²) < 4.78 is 0. The Morgan fingerprint density at radius 3 is 2.22 bits per heavy atom. The molecule has 3 atom stereocenters. The van der Waals surface area contributed by atoms with Gasteiger partial charge in [-0.1, -0.05) is 42.5 Å². The van der Waals surface area contributed by atoms with Crippen molar-refractivity contribution in [1.29, 1.82) is 5.26 Å². The highest BCUT2D eigenvalue weighted by molar-refractivity contribution is 6.08. The molecule has 2 fully saturated rings. The van der Waals surface area contributed by atoms with E-state index in [-0.39, 0.29) is 42.9 Å². The summed E-state index contributed by atoms with van der Waals surface area (Å²) in [7, 11) is 0. The molecule has 0 aromatic heterocycles. The van der Waals surface area contributed by atoms with Gasteiger partial charge < -0.3 is 0 Å². The molecule has 5 nitrogen and oxygen atoms in total. The number of nitriles is 1. The van der Waals surface area contributed by atoms with E-state index < -0.39 is 11.8 Å². The first kappa shape index (κ1) is 17.2. The minimum Gasteiger partial charge on any atom is -0.300 e. The van der Waals surface area contributed by atoms with Crippen molar-refractivity contribution < 1.29 is 14.4 Å². The molecule has 0 N–H and O–H groups in total. The van der Waals surface area contributed by atoms with E-state index in [2.05, 4.69) is 6.07 Å². The summed E-state index contributed by atoms with van der Waals surface area (Å²) in [6, 6.07) is 18.4. The Bertz CT molecular complexity index is 944. The van der Waals surface area contributed by atoms with Crippen molar-refractivity contribution >= 4 is 17.6 Å². The molecule has 2 aromatic rings. The van der Waals surface area contributed by atoms with Crippen LogP contribution in [-0.4, -0.2) is 22.5 Å². The minimum absolute atomic E-state index is 0.00770. The summed E-state index contributed by atoms with van der Waals surface area (Å²) in [4.78, 5) is 39.6. The molecule has 2 amide bonds. The van der Waals surface area contributed by atoms with Crippen LogP contribution in [0.3, 0.4) is 0 Å². The molecule has 1 aliphatic heterocycles. The van der Waals surface area contributed by atoms with Crippen LogP contribution in [-0.2, 0) is 20.9 Å². The number of imide groups is 1. The molecule has 1 aliphatic carbocycles. The number of likely N-dealkylation sites (tertiary alicyclic amines) is 1. The van der Waals surface area contributed by atoms with Gasteiger partial charge in [0.05, 0.1) is 30.0 Å². The fourth-order valence-electron chi connectivity index (χ4n) is 4.23. The second kappa shape index (κ2) is 6.81. The Balaban J connectivity index is 1.66. The molecule has 1 saturated carbocycles. The fraction of sp³-hybridized carbons (Fsp3) is 0.273. The number of Topliss-reactive ketones (excluding diaryl/α,β-unsaturated/α-hetero) is 1. The van der Waals surface area contributed by atoms with Gasteiger partial charge in [-0.3, -0.25) is 19.3 Å². The van der Waals surface area contributed by atoms with E-state index in [9.17, 15) is 14.4 Å². The molecular formula is C22H18N2O3. The van der Waals surface area contributed by atoms with Crippen molar-refractivity contribution in [3.63, 3.8) is 0 Å². The van der Waals surface area contributed by atoms with E-state index in [0.29, 0.717) is 5.56 Å². The van der Waals surface area contributed by atoms with E-state index in [0.717, 1.165) is 11.1 Å². The monoisotopic (exact) mass is 358 g/mol. The van der Waals surface area contributed by atoms with Crippen LogP contribution >= 0.6 is 0 Å². The van der Waals surface area contributed by atoms with Crippen molar-refractivity contribution in [2.75, 3.05) is 0 Å². The molecule has 5 heteroatoms. The summed E-state index contributed by atoms with van der Waals surface area (Å²) in [5.74, 6) is -1.85. The standard InChI is InChI=1S/C22H18N2O3/c23-12-14-6-8-16(9-7-14)18-10-17(25)11-19-20(18)22(27)24(21(19)26)13-15-4-2-1-3-5-15/h1-9,18-20H,10-11,13H2/t18-,19-,20+/m0/s1. The van der Waals surface area contributed by atoms with E-state index in [1.807, 2.05) is 30.3 Å². The number of rotatable bonds is 3. The zero-order valence-corrected chi connectivity index (χ0v) is 14.7. The third-order valence-electron chi connectivity index (χ3n) is 5.55. The van der Waals surface area contributed by atoms with Crippen LogP contribution in [0, 0.1) is 23.2 Å². The largest absolute Gasteiger partial charge is 0.300 e. The van der Waals surface area contributed by atoms with Crippen LogP contribution < -0.4 is 0 Å². The smallest absolute Gasteiger partial charge is 0.234 e. The first-order chi connectivity index (χ1) is 13.1. The molecule has 0 unspecified atom stereocenters. The molecule has 2 aliphatic rings. The van der Waals surface area contributed by atoms with Crippen LogP contribution in [0.5, 0.6) is 0 Å². The number of benzene rings is 2. The number of carbonyl (C=O) groups is 3. The molecule has 0 bridgehead atoms. The number of ketones is 1. The van der Waals surface area contributed by atoms with Crippen molar-refractivity contribution in [3.8, 4) is 6.07 Å². The number of fused-ring (bicyclic) bond motifs is 1. The Morgan fingerprint density at radius 1 is 0.889 bits per heavy atom. The highest BCUT2D eigenvalue weighted by atomic mass is 16.2. The van der Waals surface area contributed by atoms with Crippen molar-refractivity contribution in [1.82, 2.24) is 4.90 Å². The van der Waals surface area contributed by atoms with Gasteiger partial charge in [0.1, 0.15) is 5.78 Å². The topological polar surface area (TPSA) is 78.2 Å². The van der Waals surface area contributed by atoms with Gasteiger partial charge in [0.2, 0.25) is 11.8 Å². The predicted molar refractivity (Wildman–Crippen MR) is 97.1 cm³/mol. The van der Waals surface area contributed by atoms with Gasteiger partial charge >= 0.3 is 0 Å². The predicted octanol–water partition coefficient (Wildman–Crippen LogP) is 2.81. The Labute approximate surface area is 157 Å². The quantitative estimate of drug-likeness (QED) is 0.791. The van der Waals surface area contributed by atoms with Crippen LogP contribution in [0.4, 0.5) is 0 Å². The molecule has 4 rings (SSSR count). The van der Waals surface area contributed by atoms with Gasteiger partial charge in [-0.2, -0.15) is 5.26 Å². The first-order valence-electron chi connectivity index (χ1n) is 8.99. The molecule has 134 valence electrons. The van der Waals surface area contributed by atoms with Gasteiger partial charge in [-0.15, -0.1) is 0 Å². The number of hydrogen-bond donors (Lipinski definition) is 0. The highest BCUT2D eigenvalue weighted by Crippen LogP contribution is 2.45. The highest BCUT2D eigenvalue weighted by Gasteiger charge is 2.54. The van der Waals surface area contributed by atoms with E-state index in [4.69, 9.17) is 5.26 Å². The van der Waals surface area contributed by atoms with E-state index in [1.165, 1.54) is 4.90 Å². The van der Waals surface area contributed by atoms with Gasteiger partial charge in [-0.05, 0) is 23.3 Å². The fourth-order valence-corrected chi connectivity index (χ4v) is 4.23. The molecule has 0 radical (unpaired) electrons. The SMILES string of the molecule is N#Cc1ccc([C@@H]2CC(=O)C[C@@H]3C(=O)N(Cc4ccccc4)C(=O)[C@@H]32)cc1. The molecule has 0 spiro atoms. The van der Waals surface area contributed by atoms with Gasteiger partial charge in [0.25, 0.3) is 0 Å². The lowest BCUT2D eigenvalue weighted by molar-refractivity contribution is -0.141. The average Bonchev–Trinajstić information content (AvgIpc) is 2.93. The molecule has 2 aromatic carbocycles. The van der Waals surface area contributed by atoms with Crippen LogP contribution in [0.15, 0.2) is 54.6 Å². The Hall–Kier alpha value is -3.26. The molecular weight excluding hydrogens is 340 g/mol. The molecule has 1 heterocycles. The zero-order valence-electron chi connectivity index (χ0n) is 14.7. The summed E-state index contributed by atoms with van der Waals surface area (Å²) in [5, 5.41) is 8.97. The molecule has 1 saturated heterocycles. The first-order valence-corrected chi connectivity index (χ1v) is 8.99. The minimum atomic E-state index is -0.580. The maximum atomic E-state index is 13.1. The number of hydrogen-bond acceptors (Lipinski definition) is 4. The maximum absolute atomic E-state index is 13.1. The third kappa shape index (κ3) is 3.04.